The van der Waals surface area contributed by atoms with Crippen molar-refractivity contribution >= 4 is 22.6 Å². The number of halogens is 2. The number of ether oxygens (including phenoxy) is 1. The van der Waals surface area contributed by atoms with E-state index >= 15 is 0 Å². The van der Waals surface area contributed by atoms with Gasteiger partial charge in [0.2, 0.25) is 0 Å². The van der Waals surface area contributed by atoms with Gasteiger partial charge >= 0.3 is 0 Å². The molecule has 0 aliphatic carbocycles. The van der Waals surface area contributed by atoms with Crippen LogP contribution in [0.4, 0.5) is 4.39 Å². The third kappa shape index (κ3) is 3.07. The van der Waals surface area contributed by atoms with Crippen molar-refractivity contribution in [2.75, 3.05) is 6.61 Å². The van der Waals surface area contributed by atoms with Crippen LogP contribution in [-0.4, -0.2) is 22.3 Å². The maximum atomic E-state index is 13.5. The highest BCUT2D eigenvalue weighted by Crippen LogP contribution is 2.21. The largest absolute Gasteiger partial charge is 0.377 e. The average Bonchev–Trinajstić information content (AvgIpc) is 2.67. The first-order valence-corrected chi connectivity index (χ1v) is 6.89. The summed E-state index contributed by atoms with van der Waals surface area (Å²) in [4.78, 5) is 4.37. The van der Waals surface area contributed by atoms with Gasteiger partial charge in [0.25, 0.3) is 0 Å². The van der Waals surface area contributed by atoms with Gasteiger partial charge in [0.1, 0.15) is 11.6 Å². The molecule has 0 saturated heterocycles. The zero-order chi connectivity index (χ0) is 14.0. The molecule has 5 heteroatoms. The van der Waals surface area contributed by atoms with Crippen molar-refractivity contribution in [3.63, 3.8) is 0 Å². The van der Waals surface area contributed by atoms with Crippen molar-refractivity contribution in [3.05, 3.63) is 29.3 Å². The number of aryl methyl sites for hydroxylation is 1. The van der Waals surface area contributed by atoms with Crippen LogP contribution in [0.2, 0.25) is 0 Å². The van der Waals surface area contributed by atoms with E-state index in [1.54, 1.807) is 6.92 Å². The van der Waals surface area contributed by atoms with E-state index in [1.807, 2.05) is 24.5 Å². The van der Waals surface area contributed by atoms with Crippen LogP contribution >= 0.6 is 11.6 Å². The predicted octanol–water partition coefficient (Wildman–Crippen LogP) is 3.65. The Labute approximate surface area is 117 Å². The van der Waals surface area contributed by atoms with Crippen LogP contribution in [0.1, 0.15) is 25.2 Å². The fourth-order valence-electron chi connectivity index (χ4n) is 2.03. The highest BCUT2D eigenvalue weighted by molar-refractivity contribution is 6.16. The lowest BCUT2D eigenvalue weighted by atomic mass is 10.2. The van der Waals surface area contributed by atoms with Crippen molar-refractivity contribution in [1.82, 2.24) is 9.55 Å². The normalized spacial score (nSPS) is 11.7. The van der Waals surface area contributed by atoms with Crippen LogP contribution in [0.25, 0.3) is 11.0 Å². The number of hydrogen-bond acceptors (Lipinski definition) is 2. The Kier molecular flexibility index (Phi) is 4.42. The van der Waals surface area contributed by atoms with Crippen LogP contribution in [0.3, 0.4) is 0 Å². The second kappa shape index (κ2) is 5.88. The van der Waals surface area contributed by atoms with E-state index < -0.39 is 0 Å². The summed E-state index contributed by atoms with van der Waals surface area (Å²) in [5.74, 6) is 0.808. The van der Waals surface area contributed by atoms with Crippen molar-refractivity contribution in [3.8, 4) is 0 Å². The smallest absolute Gasteiger partial charge is 0.128 e. The monoisotopic (exact) mass is 284 g/mol. The second-order valence-electron chi connectivity index (χ2n) is 4.82. The molecule has 0 atom stereocenters. The van der Waals surface area contributed by atoms with Crippen molar-refractivity contribution in [2.24, 2.45) is 0 Å². The van der Waals surface area contributed by atoms with E-state index in [2.05, 4.69) is 4.98 Å². The number of nitrogens with zero attached hydrogens (tertiary/aromatic N) is 2. The maximum Gasteiger partial charge on any atom is 0.128 e. The van der Waals surface area contributed by atoms with Crippen LogP contribution < -0.4 is 0 Å². The molecule has 1 aromatic heterocycles. The second-order valence-corrected chi connectivity index (χ2v) is 5.09. The number of alkyl halides is 1. The quantitative estimate of drug-likeness (QED) is 0.784. The number of imidazole rings is 1. The molecule has 104 valence electrons. The Bertz CT molecular complexity index is 580. The summed E-state index contributed by atoms with van der Waals surface area (Å²) in [6.07, 6.45) is 0.188. The molecule has 1 aromatic carbocycles. The molecule has 2 rings (SSSR count). The molecular weight excluding hydrogens is 267 g/mol. The van der Waals surface area contributed by atoms with Crippen molar-refractivity contribution in [2.45, 2.75) is 39.3 Å². The fraction of sp³-hybridized carbons (Fsp3) is 0.500. The SMILES string of the molecule is Cc1cc2c(cc1F)nc(CCl)n2CCOC(C)C. The molecule has 0 spiro atoms. The first kappa shape index (κ1) is 14.3. The molecule has 19 heavy (non-hydrogen) atoms. The first-order chi connectivity index (χ1) is 9.02. The molecular formula is C14H18ClFN2O. The van der Waals surface area contributed by atoms with Crippen LogP contribution in [0, 0.1) is 12.7 Å². The molecule has 0 unspecified atom stereocenters. The summed E-state index contributed by atoms with van der Waals surface area (Å²) in [5.41, 5.74) is 2.16. The predicted molar refractivity (Wildman–Crippen MR) is 75.1 cm³/mol. The lowest BCUT2D eigenvalue weighted by Gasteiger charge is -2.11. The number of hydrogen-bond donors (Lipinski definition) is 0. The zero-order valence-electron chi connectivity index (χ0n) is 11.4. The van der Waals surface area contributed by atoms with E-state index in [-0.39, 0.29) is 11.9 Å². The number of aromatic nitrogens is 2. The lowest BCUT2D eigenvalue weighted by molar-refractivity contribution is 0.0729. The van der Waals surface area contributed by atoms with Gasteiger partial charge in [0.15, 0.2) is 0 Å². The maximum absolute atomic E-state index is 13.5. The molecule has 2 aromatic rings. The summed E-state index contributed by atoms with van der Waals surface area (Å²) in [6.45, 7) is 6.99. The Balaban J connectivity index is 2.36. The lowest BCUT2D eigenvalue weighted by Crippen LogP contribution is -2.12. The molecule has 0 bridgehead atoms. The van der Waals surface area contributed by atoms with Crippen molar-refractivity contribution in [1.29, 1.82) is 0 Å². The zero-order valence-corrected chi connectivity index (χ0v) is 12.2. The van der Waals surface area contributed by atoms with Gasteiger partial charge in [-0.3, -0.25) is 0 Å². The Morgan fingerprint density at radius 1 is 1.42 bits per heavy atom. The molecule has 3 nitrogen and oxygen atoms in total. The topological polar surface area (TPSA) is 27.1 Å². The minimum Gasteiger partial charge on any atom is -0.377 e. The number of fused-ring (bicyclic) bond motifs is 1. The van der Waals surface area contributed by atoms with Gasteiger partial charge in [-0.1, -0.05) is 0 Å². The first-order valence-electron chi connectivity index (χ1n) is 6.35. The molecule has 0 aliphatic rings. The summed E-state index contributed by atoms with van der Waals surface area (Å²) in [5, 5.41) is 0. The van der Waals surface area contributed by atoms with E-state index in [0.29, 0.717) is 30.1 Å². The van der Waals surface area contributed by atoms with E-state index in [1.165, 1.54) is 6.07 Å². The third-order valence-corrected chi connectivity index (χ3v) is 3.23. The van der Waals surface area contributed by atoms with Gasteiger partial charge in [-0.25, -0.2) is 9.37 Å². The van der Waals surface area contributed by atoms with E-state index in [0.717, 1.165) is 11.3 Å². The van der Waals surface area contributed by atoms with Crippen molar-refractivity contribution < 1.29 is 9.13 Å². The van der Waals surface area contributed by atoms with Crippen LogP contribution in [-0.2, 0) is 17.2 Å². The van der Waals surface area contributed by atoms with Gasteiger partial charge in [0.05, 0.1) is 29.6 Å². The number of rotatable bonds is 5. The van der Waals surface area contributed by atoms with Gasteiger partial charge in [-0.2, -0.15) is 0 Å². The average molecular weight is 285 g/mol. The third-order valence-electron chi connectivity index (χ3n) is 2.99. The Morgan fingerprint density at radius 2 is 2.16 bits per heavy atom. The van der Waals surface area contributed by atoms with E-state index in [9.17, 15) is 4.39 Å². The minimum atomic E-state index is -0.239. The summed E-state index contributed by atoms with van der Waals surface area (Å²) in [6, 6.07) is 3.27. The highest BCUT2D eigenvalue weighted by Gasteiger charge is 2.12. The fourth-order valence-corrected chi connectivity index (χ4v) is 2.24. The summed E-state index contributed by atoms with van der Waals surface area (Å²) < 4.78 is 21.1. The van der Waals surface area contributed by atoms with Crippen LogP contribution in [0.15, 0.2) is 12.1 Å². The Morgan fingerprint density at radius 3 is 2.79 bits per heavy atom. The number of benzene rings is 1. The van der Waals surface area contributed by atoms with E-state index in [4.69, 9.17) is 16.3 Å². The highest BCUT2D eigenvalue weighted by atomic mass is 35.5. The molecule has 0 saturated carbocycles. The standard InChI is InChI=1S/C14H18ClFN2O/c1-9(2)19-5-4-18-13-6-10(3)11(16)7-12(13)17-14(18)8-15/h6-7,9H,4-5,8H2,1-3H3. The Hall–Kier alpha value is -1.13. The van der Waals surface area contributed by atoms with Gasteiger partial charge in [0, 0.05) is 12.6 Å². The molecule has 0 N–H and O–H groups in total. The molecule has 0 radical (unpaired) electrons. The minimum absolute atomic E-state index is 0.188. The van der Waals surface area contributed by atoms with Crippen LogP contribution in [0.5, 0.6) is 0 Å². The summed E-state index contributed by atoms with van der Waals surface area (Å²) >= 11 is 5.91. The molecule has 1 heterocycles. The summed E-state index contributed by atoms with van der Waals surface area (Å²) in [7, 11) is 0. The molecule has 0 fully saturated rings. The van der Waals surface area contributed by atoms with Gasteiger partial charge in [-0.05, 0) is 32.4 Å². The van der Waals surface area contributed by atoms with Gasteiger partial charge < -0.3 is 9.30 Å². The molecule has 0 amide bonds. The van der Waals surface area contributed by atoms with Gasteiger partial charge in [-0.15, -0.1) is 11.6 Å². The molecule has 0 aliphatic heterocycles.